The predicted octanol–water partition coefficient (Wildman–Crippen LogP) is 5.28. The number of anilines is 1. The Kier molecular flexibility index (Phi) is 7.26. The first-order chi connectivity index (χ1) is 14.9. The molecule has 3 aromatic carbocycles. The van der Waals surface area contributed by atoms with Gasteiger partial charge in [0.1, 0.15) is 29.0 Å². The first kappa shape index (κ1) is 22.3. The number of phenols is 1. The van der Waals surface area contributed by atoms with Crippen molar-refractivity contribution in [3.8, 4) is 17.6 Å². The molecule has 0 fully saturated rings. The van der Waals surface area contributed by atoms with Gasteiger partial charge in [0, 0.05) is 21.2 Å². The Morgan fingerprint density at radius 1 is 1.23 bits per heavy atom. The number of carbonyl (C=O) groups excluding carboxylic acids is 1. The van der Waals surface area contributed by atoms with Crippen LogP contribution in [0.4, 0.5) is 10.1 Å². The maximum absolute atomic E-state index is 14.1. The Bertz CT molecular complexity index is 1180. The second kappa shape index (κ2) is 10.1. The minimum atomic E-state index is -0.572. The van der Waals surface area contributed by atoms with Gasteiger partial charge in [0.25, 0.3) is 5.91 Å². The molecule has 0 saturated heterocycles. The van der Waals surface area contributed by atoms with Gasteiger partial charge in [-0.3, -0.25) is 4.79 Å². The number of carbonyl (C=O) groups is 1. The molecular formula is C24H18FIN2O3. The first-order valence-electron chi connectivity index (χ1n) is 9.23. The van der Waals surface area contributed by atoms with Crippen molar-refractivity contribution >= 4 is 40.3 Å². The number of amides is 1. The molecule has 0 aromatic heterocycles. The maximum Gasteiger partial charge on any atom is 0.266 e. The first-order valence-corrected chi connectivity index (χ1v) is 10.3. The molecule has 5 nitrogen and oxygen atoms in total. The van der Waals surface area contributed by atoms with Gasteiger partial charge in [-0.05, 0) is 82.3 Å². The number of nitrogens with one attached hydrogen (secondary N) is 1. The van der Waals surface area contributed by atoms with Crippen LogP contribution in [0.5, 0.6) is 11.5 Å². The highest BCUT2D eigenvalue weighted by atomic mass is 127. The summed E-state index contributed by atoms with van der Waals surface area (Å²) in [7, 11) is 1.52. The molecule has 0 aliphatic rings. The zero-order valence-corrected chi connectivity index (χ0v) is 18.7. The number of halogens is 2. The molecule has 0 heterocycles. The van der Waals surface area contributed by atoms with Gasteiger partial charge in [0.05, 0.1) is 7.11 Å². The van der Waals surface area contributed by atoms with Gasteiger partial charge in [-0.15, -0.1) is 0 Å². The summed E-state index contributed by atoms with van der Waals surface area (Å²) in [5.74, 6) is -0.247. The van der Waals surface area contributed by atoms with Crippen molar-refractivity contribution in [3.05, 3.63) is 92.3 Å². The number of hydrogen-bond acceptors (Lipinski definition) is 4. The summed E-state index contributed by atoms with van der Waals surface area (Å²) in [6.45, 7) is 0. The molecule has 7 heteroatoms. The SMILES string of the molecule is COc1cc(/C=C(\C#N)C(=O)Nc2ccc(O)cc2)cc(I)c1Cc1ccccc1F. The van der Waals surface area contributed by atoms with Gasteiger partial charge in [0.2, 0.25) is 0 Å². The Hall–Kier alpha value is -3.38. The monoisotopic (exact) mass is 528 g/mol. The lowest BCUT2D eigenvalue weighted by Crippen LogP contribution is -2.13. The van der Waals surface area contributed by atoms with Gasteiger partial charge >= 0.3 is 0 Å². The van der Waals surface area contributed by atoms with E-state index in [4.69, 9.17) is 4.74 Å². The topological polar surface area (TPSA) is 82.3 Å². The lowest BCUT2D eigenvalue weighted by Gasteiger charge is -2.13. The molecule has 0 aliphatic carbocycles. The van der Waals surface area contributed by atoms with E-state index in [0.717, 1.165) is 9.13 Å². The Morgan fingerprint density at radius 2 is 1.94 bits per heavy atom. The van der Waals surface area contributed by atoms with E-state index >= 15 is 0 Å². The molecule has 156 valence electrons. The fourth-order valence-electron chi connectivity index (χ4n) is 2.96. The number of methoxy groups -OCH3 is 1. The summed E-state index contributed by atoms with van der Waals surface area (Å²) < 4.78 is 20.4. The summed E-state index contributed by atoms with van der Waals surface area (Å²) in [4.78, 5) is 12.5. The van der Waals surface area contributed by atoms with Gasteiger partial charge in [0.15, 0.2) is 0 Å². The number of rotatable bonds is 6. The molecule has 2 N–H and O–H groups in total. The minimum Gasteiger partial charge on any atom is -0.508 e. The van der Waals surface area contributed by atoms with Crippen LogP contribution in [0.25, 0.3) is 6.08 Å². The van der Waals surface area contributed by atoms with Crippen molar-refractivity contribution in [2.75, 3.05) is 12.4 Å². The van der Waals surface area contributed by atoms with Gasteiger partial charge in [-0.2, -0.15) is 5.26 Å². The second-order valence-electron chi connectivity index (χ2n) is 6.62. The quantitative estimate of drug-likeness (QED) is 0.198. The summed E-state index contributed by atoms with van der Waals surface area (Å²) in [5, 5.41) is 21.4. The van der Waals surface area contributed by atoms with Gasteiger partial charge in [-0.1, -0.05) is 18.2 Å². The van der Waals surface area contributed by atoms with Crippen LogP contribution in [-0.2, 0) is 11.2 Å². The standard InChI is InChI=1S/C24H18FIN2O3/c1-31-23-12-15(11-22(26)20(23)13-16-4-2-3-5-21(16)25)10-17(14-27)24(30)28-18-6-8-19(29)9-7-18/h2-12,29H,13H2,1H3,(H,28,30)/b17-10+. The highest BCUT2D eigenvalue weighted by Gasteiger charge is 2.15. The van der Waals surface area contributed by atoms with E-state index < -0.39 is 5.91 Å². The van der Waals surface area contributed by atoms with Crippen LogP contribution < -0.4 is 10.1 Å². The smallest absolute Gasteiger partial charge is 0.266 e. The summed E-state index contributed by atoms with van der Waals surface area (Å²) in [5.41, 5.74) is 2.34. The molecular weight excluding hydrogens is 510 g/mol. The van der Waals surface area contributed by atoms with Crippen LogP contribution in [0.1, 0.15) is 16.7 Å². The molecule has 0 radical (unpaired) electrons. The van der Waals surface area contributed by atoms with E-state index in [9.17, 15) is 19.6 Å². The average molecular weight is 528 g/mol. The molecule has 31 heavy (non-hydrogen) atoms. The van der Waals surface area contributed by atoms with E-state index in [2.05, 4.69) is 27.9 Å². The molecule has 0 saturated carbocycles. The summed E-state index contributed by atoms with van der Waals surface area (Å²) in [6.07, 6.45) is 1.82. The number of aromatic hydroxyl groups is 1. The lowest BCUT2D eigenvalue weighted by molar-refractivity contribution is -0.112. The van der Waals surface area contributed by atoms with Crippen LogP contribution in [-0.4, -0.2) is 18.1 Å². The number of nitrogens with zero attached hydrogens (tertiary/aromatic N) is 1. The largest absolute Gasteiger partial charge is 0.508 e. The van der Waals surface area contributed by atoms with E-state index in [0.29, 0.717) is 29.0 Å². The normalized spacial score (nSPS) is 11.0. The third-order valence-electron chi connectivity index (χ3n) is 4.52. The Labute approximate surface area is 192 Å². The van der Waals surface area contributed by atoms with Crippen molar-refractivity contribution in [2.45, 2.75) is 6.42 Å². The number of benzene rings is 3. The van der Waals surface area contributed by atoms with Crippen LogP contribution in [0, 0.1) is 20.7 Å². The molecule has 0 aliphatic heterocycles. The predicted molar refractivity (Wildman–Crippen MR) is 125 cm³/mol. The van der Waals surface area contributed by atoms with Crippen molar-refractivity contribution < 1.29 is 19.0 Å². The molecule has 0 bridgehead atoms. The molecule has 0 unspecified atom stereocenters. The molecule has 1 amide bonds. The third-order valence-corrected chi connectivity index (χ3v) is 5.49. The van der Waals surface area contributed by atoms with E-state index in [1.807, 2.05) is 12.1 Å². The van der Waals surface area contributed by atoms with Crippen LogP contribution in [0.2, 0.25) is 0 Å². The van der Waals surface area contributed by atoms with E-state index in [1.54, 1.807) is 24.3 Å². The number of nitriles is 1. The van der Waals surface area contributed by atoms with Crippen molar-refractivity contribution in [2.24, 2.45) is 0 Å². The van der Waals surface area contributed by atoms with Crippen molar-refractivity contribution in [1.82, 2.24) is 0 Å². The molecule has 3 aromatic rings. The zero-order chi connectivity index (χ0) is 22.4. The highest BCUT2D eigenvalue weighted by Crippen LogP contribution is 2.30. The number of phenolic OH excluding ortho intramolecular Hbond substituents is 1. The minimum absolute atomic E-state index is 0.0752. The fraction of sp³-hybridized carbons (Fsp3) is 0.0833. The average Bonchev–Trinajstić information content (AvgIpc) is 2.76. The number of hydrogen-bond donors (Lipinski definition) is 2. The van der Waals surface area contributed by atoms with Crippen molar-refractivity contribution in [3.63, 3.8) is 0 Å². The van der Waals surface area contributed by atoms with Gasteiger partial charge in [-0.25, -0.2) is 4.39 Å². The summed E-state index contributed by atoms with van der Waals surface area (Å²) >= 11 is 2.13. The molecule has 0 spiro atoms. The Balaban J connectivity index is 1.89. The zero-order valence-electron chi connectivity index (χ0n) is 16.5. The lowest BCUT2D eigenvalue weighted by atomic mass is 10.0. The van der Waals surface area contributed by atoms with Crippen LogP contribution in [0.15, 0.2) is 66.2 Å². The maximum atomic E-state index is 14.1. The molecule has 0 atom stereocenters. The second-order valence-corrected chi connectivity index (χ2v) is 7.78. The van der Waals surface area contributed by atoms with Crippen LogP contribution >= 0.6 is 22.6 Å². The highest BCUT2D eigenvalue weighted by molar-refractivity contribution is 14.1. The van der Waals surface area contributed by atoms with E-state index in [1.165, 1.54) is 43.5 Å². The molecule has 3 rings (SSSR count). The van der Waals surface area contributed by atoms with Gasteiger partial charge < -0.3 is 15.2 Å². The number of ether oxygens (including phenoxy) is 1. The fourth-order valence-corrected chi connectivity index (χ4v) is 3.78. The Morgan fingerprint density at radius 3 is 2.58 bits per heavy atom. The van der Waals surface area contributed by atoms with E-state index in [-0.39, 0.29) is 17.1 Å². The van der Waals surface area contributed by atoms with Crippen molar-refractivity contribution in [1.29, 1.82) is 5.26 Å². The van der Waals surface area contributed by atoms with Crippen LogP contribution in [0.3, 0.4) is 0 Å². The third kappa shape index (κ3) is 5.61. The summed E-state index contributed by atoms with van der Waals surface area (Å²) in [6, 6.07) is 17.9.